The van der Waals surface area contributed by atoms with Crippen LogP contribution >= 0.6 is 0 Å². The second kappa shape index (κ2) is 10.4. The van der Waals surface area contributed by atoms with Crippen molar-refractivity contribution in [3.63, 3.8) is 0 Å². The Bertz CT molecular complexity index is 1080. The van der Waals surface area contributed by atoms with Gasteiger partial charge in [0.25, 0.3) is 5.91 Å². The third kappa shape index (κ3) is 5.75. The van der Waals surface area contributed by atoms with E-state index in [2.05, 4.69) is 5.32 Å². The Morgan fingerprint density at radius 3 is 2.56 bits per heavy atom. The van der Waals surface area contributed by atoms with Crippen LogP contribution in [0.5, 0.6) is 11.5 Å². The number of benzene rings is 2. The van der Waals surface area contributed by atoms with E-state index < -0.39 is 21.8 Å². The zero-order valence-corrected chi connectivity index (χ0v) is 18.4. The number of carbonyl (C=O) groups excluding carboxylic acids is 2. The van der Waals surface area contributed by atoms with E-state index in [0.717, 1.165) is 0 Å². The number of nitrogens with one attached hydrogen (secondary N) is 1. The molecule has 1 saturated heterocycles. The average Bonchev–Trinajstić information content (AvgIpc) is 2.79. The molecule has 0 aliphatic carbocycles. The van der Waals surface area contributed by atoms with Gasteiger partial charge in [0.1, 0.15) is 11.5 Å². The van der Waals surface area contributed by atoms with Gasteiger partial charge in [-0.2, -0.15) is 4.31 Å². The molecule has 172 valence electrons. The van der Waals surface area contributed by atoms with E-state index in [1.807, 2.05) is 0 Å². The quantitative estimate of drug-likeness (QED) is 0.570. The first-order valence-electron chi connectivity index (χ1n) is 9.98. The first kappa shape index (κ1) is 23.5. The predicted octanol–water partition coefficient (Wildman–Crippen LogP) is 1.22. The van der Waals surface area contributed by atoms with Crippen molar-refractivity contribution in [3.05, 3.63) is 48.0 Å². The molecule has 2 aromatic carbocycles. The Balaban J connectivity index is 1.75. The summed E-state index contributed by atoms with van der Waals surface area (Å²) < 4.78 is 43.4. The molecule has 11 heteroatoms. The first-order chi connectivity index (χ1) is 15.3. The van der Waals surface area contributed by atoms with Crippen molar-refractivity contribution in [2.24, 2.45) is 5.73 Å². The molecule has 0 unspecified atom stereocenters. The molecule has 10 nitrogen and oxygen atoms in total. The molecule has 0 radical (unpaired) electrons. The lowest BCUT2D eigenvalue weighted by atomic mass is 10.2. The van der Waals surface area contributed by atoms with Crippen molar-refractivity contribution in [1.29, 1.82) is 0 Å². The fourth-order valence-electron chi connectivity index (χ4n) is 3.06. The third-order valence-electron chi connectivity index (χ3n) is 4.62. The molecule has 1 heterocycles. The Morgan fingerprint density at radius 1 is 1.12 bits per heavy atom. The van der Waals surface area contributed by atoms with Crippen molar-refractivity contribution in [2.75, 3.05) is 44.8 Å². The summed E-state index contributed by atoms with van der Waals surface area (Å²) in [6.07, 6.45) is 0. The minimum absolute atomic E-state index is 0.0354. The minimum Gasteiger partial charge on any atom is -0.492 e. The summed E-state index contributed by atoms with van der Waals surface area (Å²) in [6, 6.07) is 10.4. The maximum Gasteiger partial charge on any atom is 0.262 e. The number of nitrogens with two attached hydrogens (primary N) is 1. The summed E-state index contributed by atoms with van der Waals surface area (Å²) in [5.74, 6) is -0.515. The fourth-order valence-corrected chi connectivity index (χ4v) is 4.49. The summed E-state index contributed by atoms with van der Waals surface area (Å²) in [5.41, 5.74) is 5.70. The molecule has 3 rings (SSSR count). The number of nitrogens with zero attached hydrogens (tertiary/aromatic N) is 1. The van der Waals surface area contributed by atoms with Crippen molar-refractivity contribution in [2.45, 2.75) is 11.8 Å². The van der Waals surface area contributed by atoms with Crippen molar-refractivity contribution < 1.29 is 32.2 Å². The average molecular weight is 464 g/mol. The van der Waals surface area contributed by atoms with Gasteiger partial charge in [0.05, 0.1) is 30.4 Å². The molecule has 1 fully saturated rings. The summed E-state index contributed by atoms with van der Waals surface area (Å²) in [5, 5.41) is 2.63. The molecular formula is C21H25N3O7S. The van der Waals surface area contributed by atoms with Crippen molar-refractivity contribution in [1.82, 2.24) is 4.31 Å². The number of morpholine rings is 1. The second-order valence-corrected chi connectivity index (χ2v) is 8.77. The number of hydrogen-bond acceptors (Lipinski definition) is 7. The second-order valence-electron chi connectivity index (χ2n) is 6.84. The van der Waals surface area contributed by atoms with E-state index in [1.165, 1.54) is 34.6 Å². The predicted molar refractivity (Wildman–Crippen MR) is 116 cm³/mol. The number of carbonyl (C=O) groups is 2. The molecule has 0 spiro atoms. The SMILES string of the molecule is CCOc1ccc(S(=O)(=O)N2CCOCC2)cc1NC(=O)COc1cccc(C(N)=O)c1. The van der Waals surface area contributed by atoms with E-state index in [4.69, 9.17) is 19.9 Å². The zero-order valence-electron chi connectivity index (χ0n) is 17.6. The molecule has 1 aliphatic heterocycles. The molecule has 0 bridgehead atoms. The first-order valence-corrected chi connectivity index (χ1v) is 11.4. The minimum atomic E-state index is -3.75. The molecule has 32 heavy (non-hydrogen) atoms. The number of ether oxygens (including phenoxy) is 3. The molecule has 2 aromatic rings. The van der Waals surface area contributed by atoms with Crippen LogP contribution < -0.4 is 20.5 Å². The van der Waals surface area contributed by atoms with Crippen molar-refractivity contribution in [3.8, 4) is 11.5 Å². The van der Waals surface area contributed by atoms with Crippen LogP contribution in [-0.4, -0.2) is 64.1 Å². The molecule has 0 saturated carbocycles. The molecule has 3 N–H and O–H groups in total. The number of hydrogen-bond donors (Lipinski definition) is 2. The highest BCUT2D eigenvalue weighted by Crippen LogP contribution is 2.29. The van der Waals surface area contributed by atoms with Gasteiger partial charge in [0.15, 0.2) is 6.61 Å². The van der Waals surface area contributed by atoms with E-state index in [9.17, 15) is 18.0 Å². The maximum atomic E-state index is 12.9. The Morgan fingerprint density at radius 2 is 1.88 bits per heavy atom. The number of amides is 2. The highest BCUT2D eigenvalue weighted by atomic mass is 32.2. The van der Waals surface area contributed by atoms with E-state index in [-0.39, 0.29) is 35.8 Å². The number of rotatable bonds is 9. The van der Waals surface area contributed by atoms with Crippen LogP contribution in [0.1, 0.15) is 17.3 Å². The molecule has 0 aromatic heterocycles. The van der Waals surface area contributed by atoms with Crippen LogP contribution in [0.4, 0.5) is 5.69 Å². The van der Waals surface area contributed by atoms with Crippen LogP contribution in [-0.2, 0) is 19.6 Å². The molecule has 0 atom stereocenters. The van der Waals surface area contributed by atoms with Gasteiger partial charge in [0.2, 0.25) is 15.9 Å². The van der Waals surface area contributed by atoms with Gasteiger partial charge in [-0.25, -0.2) is 8.42 Å². The van der Waals surface area contributed by atoms with Crippen LogP contribution in [0, 0.1) is 0 Å². The third-order valence-corrected chi connectivity index (χ3v) is 6.52. The summed E-state index contributed by atoms with van der Waals surface area (Å²) >= 11 is 0. The monoisotopic (exact) mass is 463 g/mol. The maximum absolute atomic E-state index is 12.9. The molecular weight excluding hydrogens is 438 g/mol. The van der Waals surface area contributed by atoms with Crippen LogP contribution in [0.2, 0.25) is 0 Å². The van der Waals surface area contributed by atoms with Gasteiger partial charge >= 0.3 is 0 Å². The molecule has 1 aliphatic rings. The largest absolute Gasteiger partial charge is 0.492 e. The lowest BCUT2D eigenvalue weighted by molar-refractivity contribution is -0.118. The number of primary amides is 1. The van der Waals surface area contributed by atoms with Crippen molar-refractivity contribution >= 4 is 27.5 Å². The topological polar surface area (TPSA) is 137 Å². The number of sulfonamides is 1. The zero-order chi connectivity index (χ0) is 23.1. The highest BCUT2D eigenvalue weighted by Gasteiger charge is 2.27. The van der Waals surface area contributed by atoms with E-state index in [1.54, 1.807) is 19.1 Å². The van der Waals surface area contributed by atoms with Gasteiger partial charge in [-0.1, -0.05) is 6.07 Å². The Kier molecular flexibility index (Phi) is 7.67. The Hall–Kier alpha value is -3.15. The van der Waals surface area contributed by atoms with Crippen LogP contribution in [0.15, 0.2) is 47.4 Å². The standard InChI is InChI=1S/C21H25N3O7S/c1-2-30-19-7-6-17(32(27,28)24-8-10-29-11-9-24)13-18(19)23-20(25)14-31-16-5-3-4-15(12-16)21(22)26/h3-7,12-13H,2,8-11,14H2,1H3,(H2,22,26)(H,23,25). The molecule has 2 amide bonds. The van der Waals surface area contributed by atoms with Gasteiger partial charge in [-0.05, 0) is 43.3 Å². The lowest BCUT2D eigenvalue weighted by Gasteiger charge is -2.26. The normalized spacial score (nSPS) is 14.5. The Labute approximate surface area is 186 Å². The van der Waals surface area contributed by atoms with Gasteiger partial charge in [0, 0.05) is 18.7 Å². The summed E-state index contributed by atoms with van der Waals surface area (Å²) in [7, 11) is -3.75. The van der Waals surface area contributed by atoms with E-state index in [0.29, 0.717) is 31.3 Å². The van der Waals surface area contributed by atoms with Gasteiger partial charge < -0.3 is 25.3 Å². The van der Waals surface area contributed by atoms with Crippen LogP contribution in [0.3, 0.4) is 0 Å². The van der Waals surface area contributed by atoms with Gasteiger partial charge in [-0.3, -0.25) is 9.59 Å². The smallest absolute Gasteiger partial charge is 0.262 e. The van der Waals surface area contributed by atoms with Gasteiger partial charge in [-0.15, -0.1) is 0 Å². The lowest BCUT2D eigenvalue weighted by Crippen LogP contribution is -2.40. The summed E-state index contributed by atoms with van der Waals surface area (Å²) in [4.78, 5) is 23.8. The van der Waals surface area contributed by atoms with Crippen LogP contribution in [0.25, 0.3) is 0 Å². The summed E-state index contributed by atoms with van der Waals surface area (Å²) in [6.45, 7) is 2.91. The van der Waals surface area contributed by atoms with E-state index >= 15 is 0 Å². The highest BCUT2D eigenvalue weighted by molar-refractivity contribution is 7.89. The fraction of sp³-hybridized carbons (Fsp3) is 0.333. The number of anilines is 1.